The lowest BCUT2D eigenvalue weighted by Gasteiger charge is -2.39. The third kappa shape index (κ3) is 5.49. The van der Waals surface area contributed by atoms with Gasteiger partial charge in [-0.3, -0.25) is 4.90 Å². The number of rotatable bonds is 8. The standard InChI is InChI=1S/C26H29BrN2O3S/c1-2-19-32-25-20-23(13-14-24(25)27)33(30,31)29-17-15-28(16-18-29)26(21-9-5-3-6-10-21)22-11-7-4-8-12-22/h3-14,20,26H,2,15-19H2,1H3. The van der Waals surface area contributed by atoms with Crippen LogP contribution in [0, 0.1) is 0 Å². The highest BCUT2D eigenvalue weighted by Gasteiger charge is 2.32. The highest BCUT2D eigenvalue weighted by atomic mass is 79.9. The van der Waals surface area contributed by atoms with Crippen molar-refractivity contribution in [2.75, 3.05) is 32.8 Å². The Kier molecular flexibility index (Phi) is 7.86. The number of nitrogens with zero attached hydrogens (tertiary/aromatic N) is 2. The Balaban J connectivity index is 1.53. The van der Waals surface area contributed by atoms with Crippen LogP contribution in [0.5, 0.6) is 5.75 Å². The fraction of sp³-hybridized carbons (Fsp3) is 0.308. The average Bonchev–Trinajstić information content (AvgIpc) is 2.85. The lowest BCUT2D eigenvalue weighted by Crippen LogP contribution is -2.49. The van der Waals surface area contributed by atoms with E-state index in [1.54, 1.807) is 22.5 Å². The molecule has 0 spiro atoms. The van der Waals surface area contributed by atoms with Gasteiger partial charge < -0.3 is 4.74 Å². The fourth-order valence-corrected chi connectivity index (χ4v) is 6.00. The van der Waals surface area contributed by atoms with E-state index >= 15 is 0 Å². The number of sulfonamides is 1. The van der Waals surface area contributed by atoms with Gasteiger partial charge in [0.15, 0.2) is 0 Å². The zero-order valence-corrected chi connectivity index (χ0v) is 21.1. The predicted octanol–water partition coefficient (Wildman–Crippen LogP) is 5.33. The highest BCUT2D eigenvalue weighted by molar-refractivity contribution is 9.10. The smallest absolute Gasteiger partial charge is 0.243 e. The molecule has 0 atom stereocenters. The van der Waals surface area contributed by atoms with Gasteiger partial charge in [-0.2, -0.15) is 4.31 Å². The van der Waals surface area contributed by atoms with Crippen molar-refractivity contribution in [3.63, 3.8) is 0 Å². The minimum Gasteiger partial charge on any atom is -0.492 e. The molecule has 1 aliphatic heterocycles. The van der Waals surface area contributed by atoms with Gasteiger partial charge in [0, 0.05) is 32.2 Å². The Bertz CT molecular complexity index is 1110. The van der Waals surface area contributed by atoms with Gasteiger partial charge in [0.05, 0.1) is 22.0 Å². The molecule has 0 bridgehead atoms. The van der Waals surface area contributed by atoms with Crippen LogP contribution in [0.15, 0.2) is 88.2 Å². The monoisotopic (exact) mass is 528 g/mol. The van der Waals surface area contributed by atoms with Crippen LogP contribution in [0.1, 0.15) is 30.5 Å². The molecule has 33 heavy (non-hydrogen) atoms. The molecule has 174 valence electrons. The Morgan fingerprint density at radius 2 is 1.45 bits per heavy atom. The van der Waals surface area contributed by atoms with E-state index < -0.39 is 10.0 Å². The Labute approximate surface area is 205 Å². The van der Waals surface area contributed by atoms with Crippen molar-refractivity contribution in [1.29, 1.82) is 0 Å². The predicted molar refractivity (Wildman–Crippen MR) is 135 cm³/mol. The maximum Gasteiger partial charge on any atom is 0.243 e. The van der Waals surface area contributed by atoms with Crippen LogP contribution < -0.4 is 4.74 Å². The van der Waals surface area contributed by atoms with E-state index in [9.17, 15) is 8.42 Å². The van der Waals surface area contributed by atoms with Crippen LogP contribution in [-0.4, -0.2) is 50.4 Å². The Morgan fingerprint density at radius 1 is 0.879 bits per heavy atom. The van der Waals surface area contributed by atoms with Crippen molar-refractivity contribution >= 4 is 26.0 Å². The minimum atomic E-state index is -3.60. The number of benzene rings is 3. The van der Waals surface area contributed by atoms with Crippen LogP contribution in [0.25, 0.3) is 0 Å². The van der Waals surface area contributed by atoms with Crippen molar-refractivity contribution in [3.8, 4) is 5.75 Å². The van der Waals surface area contributed by atoms with E-state index in [-0.39, 0.29) is 10.9 Å². The molecule has 4 rings (SSSR count). The second-order valence-electron chi connectivity index (χ2n) is 8.10. The molecular weight excluding hydrogens is 500 g/mol. The Morgan fingerprint density at radius 3 is 2.00 bits per heavy atom. The molecule has 3 aromatic rings. The summed E-state index contributed by atoms with van der Waals surface area (Å²) in [4.78, 5) is 2.64. The summed E-state index contributed by atoms with van der Waals surface area (Å²) in [5, 5.41) is 0. The largest absolute Gasteiger partial charge is 0.492 e. The molecule has 0 aliphatic carbocycles. The average molecular weight is 530 g/mol. The number of piperazine rings is 1. The molecule has 3 aromatic carbocycles. The number of hydrogen-bond acceptors (Lipinski definition) is 4. The number of hydrogen-bond donors (Lipinski definition) is 0. The second-order valence-corrected chi connectivity index (χ2v) is 10.9. The summed E-state index contributed by atoms with van der Waals surface area (Å²) in [6, 6.07) is 25.9. The van der Waals surface area contributed by atoms with Crippen molar-refractivity contribution in [3.05, 3.63) is 94.5 Å². The third-order valence-corrected chi connectivity index (χ3v) is 8.42. The molecule has 0 N–H and O–H groups in total. The molecule has 1 fully saturated rings. The first-order valence-electron chi connectivity index (χ1n) is 11.3. The molecule has 7 heteroatoms. The summed E-state index contributed by atoms with van der Waals surface area (Å²) >= 11 is 3.45. The second kappa shape index (κ2) is 10.8. The maximum atomic E-state index is 13.4. The van der Waals surface area contributed by atoms with Crippen LogP contribution >= 0.6 is 15.9 Å². The first kappa shape index (κ1) is 24.0. The van der Waals surface area contributed by atoms with E-state index in [1.807, 2.05) is 19.1 Å². The Hall–Kier alpha value is -2.19. The van der Waals surface area contributed by atoms with Gasteiger partial charge in [-0.1, -0.05) is 67.6 Å². The zero-order valence-electron chi connectivity index (χ0n) is 18.7. The SMILES string of the molecule is CCCOc1cc(S(=O)(=O)N2CCN(C(c3ccccc3)c3ccccc3)CC2)ccc1Br. The first-order valence-corrected chi connectivity index (χ1v) is 13.5. The van der Waals surface area contributed by atoms with E-state index in [0.717, 1.165) is 10.9 Å². The molecule has 5 nitrogen and oxygen atoms in total. The van der Waals surface area contributed by atoms with Crippen molar-refractivity contribution in [1.82, 2.24) is 9.21 Å². The molecule has 0 saturated carbocycles. The number of halogens is 1. The fourth-order valence-electron chi connectivity index (χ4n) is 4.20. The van der Waals surface area contributed by atoms with Crippen LogP contribution in [0.3, 0.4) is 0 Å². The zero-order chi connectivity index (χ0) is 23.3. The quantitative estimate of drug-likeness (QED) is 0.396. The van der Waals surface area contributed by atoms with Crippen LogP contribution in [0.2, 0.25) is 0 Å². The summed E-state index contributed by atoms with van der Waals surface area (Å²) in [6.07, 6.45) is 0.857. The first-order chi connectivity index (χ1) is 16.0. The van der Waals surface area contributed by atoms with Gasteiger partial charge in [-0.25, -0.2) is 8.42 Å². The van der Waals surface area contributed by atoms with Crippen LogP contribution in [0.4, 0.5) is 0 Å². The molecule has 0 aromatic heterocycles. The topological polar surface area (TPSA) is 49.9 Å². The lowest BCUT2D eigenvalue weighted by molar-refractivity contribution is 0.156. The summed E-state index contributed by atoms with van der Waals surface area (Å²) in [7, 11) is -3.60. The van der Waals surface area contributed by atoms with Gasteiger partial charge in [-0.15, -0.1) is 0 Å². The summed E-state index contributed by atoms with van der Waals surface area (Å²) in [5.41, 5.74) is 2.43. The lowest BCUT2D eigenvalue weighted by atomic mass is 9.96. The van der Waals surface area contributed by atoms with Gasteiger partial charge in [0.25, 0.3) is 0 Å². The van der Waals surface area contributed by atoms with Gasteiger partial charge in [0.1, 0.15) is 5.75 Å². The van der Waals surface area contributed by atoms with Crippen molar-refractivity contribution in [2.24, 2.45) is 0 Å². The summed E-state index contributed by atoms with van der Waals surface area (Å²) in [6.45, 7) is 4.76. The highest BCUT2D eigenvalue weighted by Crippen LogP contribution is 2.32. The molecule has 0 radical (unpaired) electrons. The van der Waals surface area contributed by atoms with Crippen molar-refractivity contribution < 1.29 is 13.2 Å². The molecule has 1 saturated heterocycles. The minimum absolute atomic E-state index is 0.0963. The van der Waals surface area contributed by atoms with Gasteiger partial charge in [-0.05, 0) is 45.6 Å². The molecule has 0 amide bonds. The van der Waals surface area contributed by atoms with E-state index in [0.29, 0.717) is 38.5 Å². The molecule has 1 aliphatic rings. The van der Waals surface area contributed by atoms with E-state index in [1.165, 1.54) is 11.1 Å². The van der Waals surface area contributed by atoms with E-state index in [2.05, 4.69) is 69.4 Å². The molecule has 0 unspecified atom stereocenters. The maximum absolute atomic E-state index is 13.4. The molecule has 1 heterocycles. The summed E-state index contributed by atoms with van der Waals surface area (Å²) < 4.78 is 34.8. The molecular formula is C26H29BrN2O3S. The normalized spacial score (nSPS) is 15.6. The summed E-state index contributed by atoms with van der Waals surface area (Å²) in [5.74, 6) is 0.560. The van der Waals surface area contributed by atoms with Gasteiger partial charge >= 0.3 is 0 Å². The number of ether oxygens (including phenoxy) is 1. The third-order valence-electron chi connectivity index (χ3n) is 5.87. The van der Waals surface area contributed by atoms with Crippen LogP contribution in [-0.2, 0) is 10.0 Å². The van der Waals surface area contributed by atoms with Gasteiger partial charge in [0.2, 0.25) is 10.0 Å². The van der Waals surface area contributed by atoms with E-state index in [4.69, 9.17) is 4.74 Å². The van der Waals surface area contributed by atoms with Crippen molar-refractivity contribution in [2.45, 2.75) is 24.3 Å².